The van der Waals surface area contributed by atoms with Crippen LogP contribution in [0.5, 0.6) is 0 Å². The van der Waals surface area contributed by atoms with E-state index in [9.17, 15) is 19.2 Å². The summed E-state index contributed by atoms with van der Waals surface area (Å²) in [5, 5.41) is 5.56. The van der Waals surface area contributed by atoms with Gasteiger partial charge in [-0.05, 0) is 62.4 Å². The Morgan fingerprint density at radius 1 is 0.862 bits per heavy atom. The lowest BCUT2D eigenvalue weighted by Crippen LogP contribution is -2.54. The average Bonchev–Trinajstić information content (AvgIpc) is 2.92. The number of piperidine rings is 2. The highest BCUT2D eigenvalue weighted by Gasteiger charge is 2.44. The zero-order valence-electron chi connectivity index (χ0n) is 16.1. The van der Waals surface area contributed by atoms with Crippen LogP contribution in [0.3, 0.4) is 0 Å². The summed E-state index contributed by atoms with van der Waals surface area (Å²) in [7, 11) is 0. The Kier molecular flexibility index (Phi) is 4.38. The summed E-state index contributed by atoms with van der Waals surface area (Å²) in [4.78, 5) is 52.6. The first-order valence-corrected chi connectivity index (χ1v) is 10.3. The molecule has 152 valence electrons. The first kappa shape index (κ1) is 18.3. The zero-order valence-corrected chi connectivity index (χ0v) is 16.1. The van der Waals surface area contributed by atoms with Gasteiger partial charge in [0.15, 0.2) is 0 Å². The number of fused-ring (bicyclic) bond motifs is 1. The Balaban J connectivity index is 1.33. The predicted octanol–water partition coefficient (Wildman–Crippen LogP) is 0.524. The third-order valence-electron chi connectivity index (χ3n) is 6.81. The number of benzene rings is 1. The molecule has 1 aromatic rings. The standard InChI is InChI=1S/C21H24N4O4/c26-18-4-3-17(19(27)23-18)25-20(28)15-2-1-14(9-16(15)21(25)29)24-7-5-12(6-8-24)13-10-22-11-13/h1-2,9,12-13,17,22H,3-8,10-11H2,(H,23,26,27). The molecule has 3 saturated heterocycles. The number of hydrogen-bond donors (Lipinski definition) is 2. The molecule has 8 nitrogen and oxygen atoms in total. The molecule has 0 bridgehead atoms. The number of carbonyl (C=O) groups is 4. The molecule has 0 radical (unpaired) electrons. The SMILES string of the molecule is O=C1CCC(N2C(=O)c3ccc(N4CCC(C5CNC5)CC4)cc3C2=O)C(=O)N1. The van der Waals surface area contributed by atoms with Gasteiger partial charge in [0.05, 0.1) is 11.1 Å². The van der Waals surface area contributed by atoms with Gasteiger partial charge in [-0.1, -0.05) is 0 Å². The molecule has 0 saturated carbocycles. The lowest BCUT2D eigenvalue weighted by atomic mass is 9.81. The summed E-state index contributed by atoms with van der Waals surface area (Å²) >= 11 is 0. The molecule has 1 unspecified atom stereocenters. The maximum atomic E-state index is 13.0. The molecule has 4 aliphatic rings. The van der Waals surface area contributed by atoms with Crippen LogP contribution >= 0.6 is 0 Å². The van der Waals surface area contributed by atoms with Crippen molar-refractivity contribution in [3.8, 4) is 0 Å². The van der Waals surface area contributed by atoms with E-state index in [2.05, 4.69) is 15.5 Å². The number of hydrogen-bond acceptors (Lipinski definition) is 6. The van der Waals surface area contributed by atoms with Crippen LogP contribution < -0.4 is 15.5 Å². The number of imide groups is 2. The Bertz CT molecular complexity index is 902. The quantitative estimate of drug-likeness (QED) is 0.723. The van der Waals surface area contributed by atoms with Gasteiger partial charge in [-0.25, -0.2) is 0 Å². The predicted molar refractivity (Wildman–Crippen MR) is 104 cm³/mol. The second kappa shape index (κ2) is 6.95. The topological polar surface area (TPSA) is 98.8 Å². The van der Waals surface area contributed by atoms with Crippen molar-refractivity contribution < 1.29 is 19.2 Å². The van der Waals surface area contributed by atoms with E-state index in [0.717, 1.165) is 61.4 Å². The zero-order chi connectivity index (χ0) is 20.1. The number of nitrogens with one attached hydrogen (secondary N) is 2. The van der Waals surface area contributed by atoms with E-state index in [-0.39, 0.29) is 18.7 Å². The van der Waals surface area contributed by atoms with Gasteiger partial charge in [0, 0.05) is 25.2 Å². The number of carbonyl (C=O) groups excluding carboxylic acids is 4. The minimum atomic E-state index is -0.921. The maximum absolute atomic E-state index is 13.0. The Hall–Kier alpha value is -2.74. The van der Waals surface area contributed by atoms with Gasteiger partial charge in [0.1, 0.15) is 6.04 Å². The van der Waals surface area contributed by atoms with Crippen molar-refractivity contribution in [3.05, 3.63) is 29.3 Å². The highest BCUT2D eigenvalue weighted by Crippen LogP contribution is 2.33. The number of nitrogens with zero attached hydrogens (tertiary/aromatic N) is 2. The minimum Gasteiger partial charge on any atom is -0.371 e. The lowest BCUT2D eigenvalue weighted by Gasteiger charge is -2.41. The average molecular weight is 396 g/mol. The Morgan fingerprint density at radius 2 is 1.59 bits per heavy atom. The molecule has 4 aliphatic heterocycles. The Labute approximate surface area is 168 Å². The summed E-state index contributed by atoms with van der Waals surface area (Å²) < 4.78 is 0. The highest BCUT2D eigenvalue weighted by molar-refractivity contribution is 6.23. The third-order valence-corrected chi connectivity index (χ3v) is 6.81. The van der Waals surface area contributed by atoms with Crippen molar-refractivity contribution >= 4 is 29.3 Å². The fraction of sp³-hybridized carbons (Fsp3) is 0.524. The summed E-state index contributed by atoms with van der Waals surface area (Å²) in [6, 6.07) is 4.45. The number of anilines is 1. The van der Waals surface area contributed by atoms with E-state index in [0.29, 0.717) is 11.1 Å². The van der Waals surface area contributed by atoms with Crippen LogP contribution in [0.4, 0.5) is 5.69 Å². The molecule has 29 heavy (non-hydrogen) atoms. The van der Waals surface area contributed by atoms with Crippen LogP contribution in [-0.4, -0.2) is 60.7 Å². The van der Waals surface area contributed by atoms with Crippen LogP contribution in [-0.2, 0) is 9.59 Å². The second-order valence-corrected chi connectivity index (χ2v) is 8.42. The largest absolute Gasteiger partial charge is 0.371 e. The molecule has 0 aromatic heterocycles. The molecule has 4 heterocycles. The van der Waals surface area contributed by atoms with Crippen molar-refractivity contribution in [2.45, 2.75) is 31.7 Å². The van der Waals surface area contributed by atoms with Crippen LogP contribution in [0.1, 0.15) is 46.4 Å². The van der Waals surface area contributed by atoms with Gasteiger partial charge < -0.3 is 10.2 Å². The van der Waals surface area contributed by atoms with Gasteiger partial charge >= 0.3 is 0 Å². The third kappa shape index (κ3) is 3.02. The number of rotatable bonds is 3. The van der Waals surface area contributed by atoms with E-state index in [1.165, 1.54) is 0 Å². The first-order valence-electron chi connectivity index (χ1n) is 10.3. The van der Waals surface area contributed by atoms with Crippen molar-refractivity contribution in [2.24, 2.45) is 11.8 Å². The fourth-order valence-corrected chi connectivity index (χ4v) is 4.93. The molecule has 0 spiro atoms. The normalized spacial score (nSPS) is 25.9. The molecule has 5 rings (SSSR count). The van der Waals surface area contributed by atoms with E-state index in [4.69, 9.17) is 0 Å². The lowest BCUT2D eigenvalue weighted by molar-refractivity contribution is -0.136. The van der Waals surface area contributed by atoms with Crippen LogP contribution in [0, 0.1) is 11.8 Å². The first-order chi connectivity index (χ1) is 14.0. The van der Waals surface area contributed by atoms with Gasteiger partial charge in [0.25, 0.3) is 11.8 Å². The second-order valence-electron chi connectivity index (χ2n) is 8.42. The van der Waals surface area contributed by atoms with Crippen molar-refractivity contribution in [1.29, 1.82) is 0 Å². The van der Waals surface area contributed by atoms with Gasteiger partial charge in [0.2, 0.25) is 11.8 Å². The van der Waals surface area contributed by atoms with Crippen LogP contribution in [0.2, 0.25) is 0 Å². The van der Waals surface area contributed by atoms with Crippen LogP contribution in [0.25, 0.3) is 0 Å². The van der Waals surface area contributed by atoms with Gasteiger partial charge in [-0.3, -0.25) is 29.4 Å². The summed E-state index contributed by atoms with van der Waals surface area (Å²) in [6.07, 6.45) is 2.57. The molecule has 0 aliphatic carbocycles. The fourth-order valence-electron chi connectivity index (χ4n) is 4.93. The number of amides is 4. The van der Waals surface area contributed by atoms with Gasteiger partial charge in [-0.2, -0.15) is 0 Å². The molecular weight excluding hydrogens is 372 g/mol. The molecule has 1 aromatic carbocycles. The van der Waals surface area contributed by atoms with Crippen LogP contribution in [0.15, 0.2) is 18.2 Å². The Morgan fingerprint density at radius 3 is 2.24 bits per heavy atom. The van der Waals surface area contributed by atoms with Crippen molar-refractivity contribution in [3.63, 3.8) is 0 Å². The minimum absolute atomic E-state index is 0.126. The molecule has 4 amide bonds. The summed E-state index contributed by atoms with van der Waals surface area (Å²) in [5.41, 5.74) is 1.63. The smallest absolute Gasteiger partial charge is 0.262 e. The molecule has 2 N–H and O–H groups in total. The monoisotopic (exact) mass is 396 g/mol. The highest BCUT2D eigenvalue weighted by atomic mass is 16.2. The molecule has 3 fully saturated rings. The molecule has 8 heteroatoms. The van der Waals surface area contributed by atoms with E-state index in [1.807, 2.05) is 6.07 Å². The van der Waals surface area contributed by atoms with E-state index in [1.54, 1.807) is 12.1 Å². The van der Waals surface area contributed by atoms with Crippen molar-refractivity contribution in [1.82, 2.24) is 15.5 Å². The summed E-state index contributed by atoms with van der Waals surface area (Å²) in [5.74, 6) is -0.305. The van der Waals surface area contributed by atoms with Crippen molar-refractivity contribution in [2.75, 3.05) is 31.1 Å². The van der Waals surface area contributed by atoms with Gasteiger partial charge in [-0.15, -0.1) is 0 Å². The van der Waals surface area contributed by atoms with E-state index >= 15 is 0 Å². The van der Waals surface area contributed by atoms with E-state index < -0.39 is 23.8 Å². The maximum Gasteiger partial charge on any atom is 0.262 e. The summed E-state index contributed by atoms with van der Waals surface area (Å²) in [6.45, 7) is 4.13. The molecule has 1 atom stereocenters. The molecular formula is C21H24N4O4.